The summed E-state index contributed by atoms with van der Waals surface area (Å²) in [6, 6.07) is 20.6. The van der Waals surface area contributed by atoms with E-state index in [0.717, 1.165) is 0 Å². The zero-order valence-electron chi connectivity index (χ0n) is 11.1. The maximum absolute atomic E-state index is 10.7. The molecule has 8 heteroatoms. The van der Waals surface area contributed by atoms with E-state index in [0.29, 0.717) is 0 Å². The van der Waals surface area contributed by atoms with Crippen molar-refractivity contribution >= 4 is 22.7 Å². The van der Waals surface area contributed by atoms with Crippen LogP contribution in [0, 0.1) is 0 Å². The molecule has 0 fully saturated rings. The summed E-state index contributed by atoms with van der Waals surface area (Å²) in [7, 11) is -5.84. The predicted molar refractivity (Wildman–Crippen MR) is 81.3 cm³/mol. The first-order chi connectivity index (χ1) is 10.1. The molecule has 0 spiro atoms. The Labute approximate surface area is 132 Å². The molecule has 2 rings (SSSR count). The van der Waals surface area contributed by atoms with Crippen LogP contribution in [0.15, 0.2) is 60.7 Å². The van der Waals surface area contributed by atoms with E-state index in [2.05, 4.69) is 36.9 Å². The van der Waals surface area contributed by atoms with Crippen molar-refractivity contribution < 1.29 is 26.1 Å². The van der Waals surface area contributed by atoms with E-state index in [4.69, 9.17) is 13.0 Å². The van der Waals surface area contributed by atoms with Crippen molar-refractivity contribution in [2.24, 2.45) is 0 Å². The molecule has 0 aliphatic rings. The van der Waals surface area contributed by atoms with Crippen LogP contribution in [0.25, 0.3) is 0 Å². The number of benzene rings is 2. The molecule has 0 saturated carbocycles. The molecule has 0 aromatic heterocycles. The lowest BCUT2D eigenvalue weighted by Gasteiger charge is -2.10. The summed E-state index contributed by atoms with van der Waals surface area (Å²) in [6.45, 7) is 0. The van der Waals surface area contributed by atoms with Crippen LogP contribution in [0.4, 0.5) is 13.2 Å². The Morgan fingerprint density at radius 1 is 0.864 bits per heavy atom. The quantitative estimate of drug-likeness (QED) is 0.487. The van der Waals surface area contributed by atoms with Crippen LogP contribution in [0.5, 0.6) is 0 Å². The third-order valence-electron chi connectivity index (χ3n) is 2.52. The van der Waals surface area contributed by atoms with E-state index in [1.54, 1.807) is 0 Å². The molecule has 0 heterocycles. The number of hydrogen-bond donors (Lipinski definition) is 2. The van der Waals surface area contributed by atoms with Gasteiger partial charge in [0.2, 0.25) is 0 Å². The summed E-state index contributed by atoms with van der Waals surface area (Å²) in [5, 5.41) is 0.178. The van der Waals surface area contributed by atoms with Gasteiger partial charge in [0.15, 0.2) is 0 Å². The molecule has 0 bridgehead atoms. The fourth-order valence-electron chi connectivity index (χ4n) is 1.46. The Hall–Kier alpha value is -1.51. The first-order valence-corrected chi connectivity index (χ1v) is 7.90. The van der Waals surface area contributed by atoms with Gasteiger partial charge >= 0.3 is 15.6 Å². The van der Waals surface area contributed by atoms with Gasteiger partial charge in [-0.2, -0.15) is 34.2 Å². The summed E-state index contributed by atoms with van der Waals surface area (Å²) in [5.74, 6) is 0. The fraction of sp³-hybridized carbons (Fsp3) is 0.143. The number of alkyl halides is 3. The average molecular weight is 350 g/mol. The summed E-state index contributed by atoms with van der Waals surface area (Å²) in [5.41, 5.74) is -3.06. The van der Waals surface area contributed by atoms with Crippen LogP contribution in [-0.2, 0) is 10.1 Å². The largest absolute Gasteiger partial charge is 0.522 e. The second-order valence-corrected chi connectivity index (χ2v) is 6.07. The van der Waals surface area contributed by atoms with Gasteiger partial charge in [0.05, 0.1) is 5.25 Å². The Kier molecular flexibility index (Phi) is 6.46. The Balaban J connectivity index is 0.000000261. The molecule has 0 unspecified atom stereocenters. The molecule has 22 heavy (non-hydrogen) atoms. The first kappa shape index (κ1) is 18.5. The van der Waals surface area contributed by atoms with E-state index in [1.165, 1.54) is 11.1 Å². The fourth-order valence-corrected chi connectivity index (χ4v) is 1.81. The highest BCUT2D eigenvalue weighted by molar-refractivity contribution is 7.86. The molecular weight excluding hydrogens is 337 g/mol. The normalized spacial score (nSPS) is 11.7. The van der Waals surface area contributed by atoms with Crippen molar-refractivity contribution in [1.29, 1.82) is 0 Å². The van der Waals surface area contributed by atoms with Gasteiger partial charge < -0.3 is 0 Å². The molecule has 0 aliphatic carbocycles. The average Bonchev–Trinajstić information content (AvgIpc) is 2.47. The minimum Gasteiger partial charge on any atom is -0.279 e. The van der Waals surface area contributed by atoms with Crippen LogP contribution in [0.1, 0.15) is 16.4 Å². The standard InChI is InChI=1S/C13H12S.CHF3O3S/c14-13(11-7-3-1-4-8-11)12-9-5-2-6-10-12;2-1(3,4)8(5,6)7/h1-10,13-14H;(H,5,6,7). The van der Waals surface area contributed by atoms with E-state index in [-0.39, 0.29) is 5.25 Å². The second-order valence-electron chi connectivity index (χ2n) is 4.14. The van der Waals surface area contributed by atoms with E-state index in [1.807, 2.05) is 36.4 Å². The molecule has 0 amide bonds. The number of rotatable bonds is 2. The number of thiol groups is 1. The lowest BCUT2D eigenvalue weighted by Crippen LogP contribution is -2.21. The molecule has 0 atom stereocenters. The summed E-state index contributed by atoms with van der Waals surface area (Å²) in [6.07, 6.45) is 0. The highest BCUT2D eigenvalue weighted by Gasteiger charge is 2.44. The molecule has 0 aliphatic heterocycles. The minimum atomic E-state index is -5.84. The maximum atomic E-state index is 10.7. The third kappa shape index (κ3) is 5.70. The van der Waals surface area contributed by atoms with Crippen LogP contribution in [-0.4, -0.2) is 18.5 Å². The molecular formula is C14H13F3O3S2. The van der Waals surface area contributed by atoms with Gasteiger partial charge in [0.25, 0.3) is 0 Å². The molecule has 120 valence electrons. The van der Waals surface area contributed by atoms with Gasteiger partial charge in [0, 0.05) is 0 Å². The highest BCUT2D eigenvalue weighted by atomic mass is 32.2. The second kappa shape index (κ2) is 7.66. The Morgan fingerprint density at radius 2 is 1.14 bits per heavy atom. The van der Waals surface area contributed by atoms with Gasteiger partial charge in [-0.1, -0.05) is 60.7 Å². The molecule has 2 aromatic rings. The lowest BCUT2D eigenvalue weighted by molar-refractivity contribution is -0.0510. The van der Waals surface area contributed by atoms with Gasteiger partial charge in [-0.25, -0.2) is 0 Å². The molecule has 1 N–H and O–H groups in total. The van der Waals surface area contributed by atoms with Gasteiger partial charge in [0.1, 0.15) is 0 Å². The maximum Gasteiger partial charge on any atom is 0.522 e. The smallest absolute Gasteiger partial charge is 0.279 e. The van der Waals surface area contributed by atoms with E-state index >= 15 is 0 Å². The van der Waals surface area contributed by atoms with Crippen LogP contribution in [0.3, 0.4) is 0 Å². The summed E-state index contributed by atoms with van der Waals surface area (Å²) in [4.78, 5) is 0. The molecule has 3 nitrogen and oxygen atoms in total. The summed E-state index contributed by atoms with van der Waals surface area (Å²) >= 11 is 4.61. The number of hydrogen-bond acceptors (Lipinski definition) is 3. The Bertz CT molecular complexity index is 632. The van der Waals surface area contributed by atoms with Crippen molar-refractivity contribution in [2.45, 2.75) is 10.8 Å². The summed E-state index contributed by atoms with van der Waals surface area (Å²) < 4.78 is 57.5. The van der Waals surface area contributed by atoms with Gasteiger partial charge in [-0.3, -0.25) is 4.55 Å². The topological polar surface area (TPSA) is 54.4 Å². The number of halogens is 3. The van der Waals surface area contributed by atoms with Crippen molar-refractivity contribution in [1.82, 2.24) is 0 Å². The van der Waals surface area contributed by atoms with Crippen LogP contribution in [0.2, 0.25) is 0 Å². The predicted octanol–water partition coefficient (Wildman–Crippen LogP) is 4.10. The van der Waals surface area contributed by atoms with Crippen molar-refractivity contribution in [3.63, 3.8) is 0 Å². The van der Waals surface area contributed by atoms with Crippen molar-refractivity contribution in [3.8, 4) is 0 Å². The van der Waals surface area contributed by atoms with Gasteiger partial charge in [-0.05, 0) is 11.1 Å². The third-order valence-corrected chi connectivity index (χ3v) is 3.70. The van der Waals surface area contributed by atoms with Crippen molar-refractivity contribution in [3.05, 3.63) is 71.8 Å². The van der Waals surface area contributed by atoms with Crippen molar-refractivity contribution in [2.75, 3.05) is 0 Å². The Morgan fingerprint density at radius 3 is 1.36 bits per heavy atom. The van der Waals surface area contributed by atoms with E-state index in [9.17, 15) is 13.2 Å². The molecule has 0 saturated heterocycles. The minimum absolute atomic E-state index is 0.178. The zero-order chi connectivity index (χ0) is 16.8. The molecule has 2 aromatic carbocycles. The lowest BCUT2D eigenvalue weighted by atomic mass is 10.0. The van der Waals surface area contributed by atoms with Gasteiger partial charge in [-0.15, -0.1) is 0 Å². The van der Waals surface area contributed by atoms with Crippen LogP contribution >= 0.6 is 12.6 Å². The van der Waals surface area contributed by atoms with Crippen LogP contribution < -0.4 is 0 Å². The highest BCUT2D eigenvalue weighted by Crippen LogP contribution is 2.27. The zero-order valence-corrected chi connectivity index (χ0v) is 12.8. The monoisotopic (exact) mass is 350 g/mol. The van der Waals surface area contributed by atoms with E-state index < -0.39 is 15.6 Å². The molecule has 0 radical (unpaired) electrons. The first-order valence-electron chi connectivity index (χ1n) is 5.94. The SMILES string of the molecule is O=S(=O)(O)C(F)(F)F.SC(c1ccccc1)c1ccccc1.